The highest BCUT2D eigenvalue weighted by Crippen LogP contribution is 2.17. The number of hydrogen-bond acceptors (Lipinski definition) is 6. The summed E-state index contributed by atoms with van der Waals surface area (Å²) in [5.41, 5.74) is 0. The van der Waals surface area contributed by atoms with Crippen LogP contribution in [0, 0.1) is 0 Å². The molecule has 0 spiro atoms. The molecule has 6 nitrogen and oxygen atoms in total. The van der Waals surface area contributed by atoms with Crippen LogP contribution in [-0.4, -0.2) is 37.2 Å². The van der Waals surface area contributed by atoms with Crippen molar-refractivity contribution in [1.82, 2.24) is 0 Å². The molecule has 6 heteroatoms. The van der Waals surface area contributed by atoms with Gasteiger partial charge in [0.15, 0.2) is 6.10 Å². The second-order valence-corrected chi connectivity index (χ2v) is 22.0. The summed E-state index contributed by atoms with van der Waals surface area (Å²) in [6.45, 7) is 6.68. The zero-order valence-electron chi connectivity index (χ0n) is 48.7. The quantitative estimate of drug-likeness (QED) is 0.0261. The van der Waals surface area contributed by atoms with Crippen molar-refractivity contribution >= 4 is 17.9 Å². The fourth-order valence-electron chi connectivity index (χ4n) is 9.79. The highest BCUT2D eigenvalue weighted by molar-refractivity contribution is 5.71. The Kier molecular flexibility index (Phi) is 59.6. The topological polar surface area (TPSA) is 78.9 Å². The van der Waals surface area contributed by atoms with Gasteiger partial charge in [-0.1, -0.05) is 295 Å². The molecule has 72 heavy (non-hydrogen) atoms. The van der Waals surface area contributed by atoms with Gasteiger partial charge >= 0.3 is 17.9 Å². The van der Waals surface area contributed by atoms with E-state index in [2.05, 4.69) is 45.1 Å². The third-order valence-electron chi connectivity index (χ3n) is 14.7. The van der Waals surface area contributed by atoms with Gasteiger partial charge in [0.1, 0.15) is 13.2 Å². The molecule has 1 atom stereocenters. The van der Waals surface area contributed by atoms with E-state index in [1.807, 2.05) is 0 Å². The highest BCUT2D eigenvalue weighted by atomic mass is 16.6. The first-order valence-electron chi connectivity index (χ1n) is 32.3. The van der Waals surface area contributed by atoms with Crippen molar-refractivity contribution in [3.05, 3.63) is 24.3 Å². The molecule has 0 N–H and O–H groups in total. The SMILES string of the molecule is CCCCCCCC/C=C\CCCCCCCC(=O)OC(COC(=O)CCCCCCCCCCCCCC)COC(=O)CCCCCCCCCCCCCCCCC/C=C\CCCCCCCCCC. The standard InChI is InChI=1S/C66H124O6/c1-4-7-10-13-16-19-22-25-27-28-29-30-31-32-33-34-35-36-37-38-40-41-44-47-50-53-56-59-65(68)71-62-63(61-70-64(67)58-55-52-49-46-43-24-21-18-15-12-9-6-3)72-66(69)60-57-54-51-48-45-42-39-26-23-20-17-14-11-8-5-2/h26,28-29,39,63H,4-25,27,30-38,40-62H2,1-3H3/b29-28-,39-26-. The molecule has 0 aliphatic heterocycles. The van der Waals surface area contributed by atoms with Crippen LogP contribution in [0.15, 0.2) is 24.3 Å². The summed E-state index contributed by atoms with van der Waals surface area (Å²) in [5, 5.41) is 0. The van der Waals surface area contributed by atoms with Crippen LogP contribution in [0.3, 0.4) is 0 Å². The lowest BCUT2D eigenvalue weighted by molar-refractivity contribution is -0.167. The van der Waals surface area contributed by atoms with Crippen LogP contribution in [0.5, 0.6) is 0 Å². The normalized spacial score (nSPS) is 12.1. The first kappa shape index (κ1) is 69.9. The van der Waals surface area contributed by atoms with Crippen LogP contribution >= 0.6 is 0 Å². The molecule has 0 aromatic heterocycles. The van der Waals surface area contributed by atoms with Crippen LogP contribution in [0.4, 0.5) is 0 Å². The molecule has 0 bridgehead atoms. The van der Waals surface area contributed by atoms with E-state index in [4.69, 9.17) is 14.2 Å². The molecule has 0 aliphatic carbocycles. The Morgan fingerprint density at radius 2 is 0.458 bits per heavy atom. The lowest BCUT2D eigenvalue weighted by Gasteiger charge is -2.18. The molecule has 0 heterocycles. The molecule has 0 saturated heterocycles. The van der Waals surface area contributed by atoms with Gasteiger partial charge in [0.25, 0.3) is 0 Å². The van der Waals surface area contributed by atoms with E-state index < -0.39 is 6.10 Å². The fourth-order valence-corrected chi connectivity index (χ4v) is 9.79. The fraction of sp³-hybridized carbons (Fsp3) is 0.894. The van der Waals surface area contributed by atoms with Gasteiger partial charge in [-0.05, 0) is 70.6 Å². The Bertz CT molecular complexity index is 1160. The third-order valence-corrected chi connectivity index (χ3v) is 14.7. The number of esters is 3. The van der Waals surface area contributed by atoms with Crippen LogP contribution in [-0.2, 0) is 28.6 Å². The van der Waals surface area contributed by atoms with E-state index >= 15 is 0 Å². The van der Waals surface area contributed by atoms with Crippen molar-refractivity contribution in [3.8, 4) is 0 Å². The summed E-state index contributed by atoms with van der Waals surface area (Å²) in [4.78, 5) is 38.2. The summed E-state index contributed by atoms with van der Waals surface area (Å²) < 4.78 is 16.9. The van der Waals surface area contributed by atoms with Crippen molar-refractivity contribution in [2.24, 2.45) is 0 Å². The van der Waals surface area contributed by atoms with Gasteiger partial charge in [0, 0.05) is 19.3 Å². The minimum Gasteiger partial charge on any atom is -0.462 e. The number of ether oxygens (including phenoxy) is 3. The van der Waals surface area contributed by atoms with Gasteiger partial charge < -0.3 is 14.2 Å². The largest absolute Gasteiger partial charge is 0.462 e. The van der Waals surface area contributed by atoms with E-state index in [1.165, 1.54) is 257 Å². The molecule has 0 rings (SSSR count). The average molecular weight is 1010 g/mol. The Hall–Kier alpha value is -2.11. The van der Waals surface area contributed by atoms with Gasteiger partial charge in [-0.2, -0.15) is 0 Å². The molecular formula is C66H124O6. The molecular weight excluding hydrogens is 889 g/mol. The molecule has 0 aromatic rings. The molecule has 0 aliphatic rings. The van der Waals surface area contributed by atoms with Crippen LogP contribution in [0.25, 0.3) is 0 Å². The highest BCUT2D eigenvalue weighted by Gasteiger charge is 2.19. The van der Waals surface area contributed by atoms with Crippen LogP contribution in [0.2, 0.25) is 0 Å². The number of hydrogen-bond donors (Lipinski definition) is 0. The number of rotatable bonds is 60. The molecule has 0 amide bonds. The van der Waals surface area contributed by atoms with Gasteiger partial charge in [-0.3, -0.25) is 14.4 Å². The van der Waals surface area contributed by atoms with Crippen molar-refractivity contribution in [2.75, 3.05) is 13.2 Å². The molecule has 0 aromatic carbocycles. The Labute approximate surface area is 449 Å². The van der Waals surface area contributed by atoms with E-state index in [9.17, 15) is 14.4 Å². The second kappa shape index (κ2) is 61.4. The van der Waals surface area contributed by atoms with Gasteiger partial charge in [-0.25, -0.2) is 0 Å². The first-order valence-corrected chi connectivity index (χ1v) is 32.3. The predicted molar refractivity (Wildman–Crippen MR) is 312 cm³/mol. The summed E-state index contributed by atoms with van der Waals surface area (Å²) >= 11 is 0. The molecule has 1 unspecified atom stereocenters. The maximum Gasteiger partial charge on any atom is 0.306 e. The minimum atomic E-state index is -0.771. The number of unbranched alkanes of at least 4 members (excludes halogenated alkanes) is 45. The third kappa shape index (κ3) is 58.8. The molecule has 0 radical (unpaired) electrons. The Morgan fingerprint density at radius 3 is 0.694 bits per heavy atom. The minimum absolute atomic E-state index is 0.0692. The van der Waals surface area contributed by atoms with Crippen LogP contribution < -0.4 is 0 Å². The van der Waals surface area contributed by atoms with E-state index in [0.717, 1.165) is 64.2 Å². The smallest absolute Gasteiger partial charge is 0.306 e. The zero-order chi connectivity index (χ0) is 52.2. The summed E-state index contributed by atoms with van der Waals surface area (Å²) in [6.07, 6.45) is 73.4. The Morgan fingerprint density at radius 1 is 0.264 bits per heavy atom. The molecule has 0 saturated carbocycles. The van der Waals surface area contributed by atoms with Gasteiger partial charge in [-0.15, -0.1) is 0 Å². The van der Waals surface area contributed by atoms with Gasteiger partial charge in [0.05, 0.1) is 0 Å². The lowest BCUT2D eigenvalue weighted by atomic mass is 10.0. The van der Waals surface area contributed by atoms with Crippen molar-refractivity contribution < 1.29 is 28.6 Å². The summed E-state index contributed by atoms with van der Waals surface area (Å²) in [6, 6.07) is 0. The van der Waals surface area contributed by atoms with E-state index in [0.29, 0.717) is 19.3 Å². The lowest BCUT2D eigenvalue weighted by Crippen LogP contribution is -2.30. The van der Waals surface area contributed by atoms with Crippen molar-refractivity contribution in [3.63, 3.8) is 0 Å². The molecule has 424 valence electrons. The monoisotopic (exact) mass is 1010 g/mol. The maximum absolute atomic E-state index is 12.9. The average Bonchev–Trinajstić information content (AvgIpc) is 3.38. The molecule has 0 fully saturated rings. The first-order chi connectivity index (χ1) is 35.5. The summed E-state index contributed by atoms with van der Waals surface area (Å²) in [5.74, 6) is -0.854. The maximum atomic E-state index is 12.9. The van der Waals surface area contributed by atoms with E-state index in [1.54, 1.807) is 0 Å². The number of allylic oxidation sites excluding steroid dienone is 4. The second-order valence-electron chi connectivity index (χ2n) is 22.0. The van der Waals surface area contributed by atoms with Crippen molar-refractivity contribution in [1.29, 1.82) is 0 Å². The van der Waals surface area contributed by atoms with Gasteiger partial charge in [0.2, 0.25) is 0 Å². The van der Waals surface area contributed by atoms with E-state index in [-0.39, 0.29) is 31.1 Å². The number of carbonyl (C=O) groups is 3. The van der Waals surface area contributed by atoms with Crippen molar-refractivity contribution in [2.45, 2.75) is 367 Å². The van der Waals surface area contributed by atoms with Crippen LogP contribution in [0.1, 0.15) is 361 Å². The number of carbonyl (C=O) groups excluding carboxylic acids is 3. The summed E-state index contributed by atoms with van der Waals surface area (Å²) in [7, 11) is 0. The zero-order valence-corrected chi connectivity index (χ0v) is 48.7. The Balaban J connectivity index is 4.17. The predicted octanol–water partition coefficient (Wildman–Crippen LogP) is 21.8.